The molecular formula is C16H26K2O5. The summed E-state index contributed by atoms with van der Waals surface area (Å²) in [5.41, 5.74) is 0. The van der Waals surface area contributed by atoms with Crippen LogP contribution in [0.1, 0.15) is 77.6 Å². The van der Waals surface area contributed by atoms with E-state index in [1.54, 1.807) is 0 Å². The SMILES string of the molecule is CCCCCCCCCCCC(=O)C(CC(=O)[O-])C(=O)[O-].[K+].[K+]. The van der Waals surface area contributed by atoms with Gasteiger partial charge >= 0.3 is 103 Å². The van der Waals surface area contributed by atoms with Gasteiger partial charge in [-0.3, -0.25) is 4.79 Å². The molecule has 0 aromatic carbocycles. The van der Waals surface area contributed by atoms with Crippen molar-refractivity contribution in [1.82, 2.24) is 0 Å². The molecule has 1 atom stereocenters. The fraction of sp³-hybridized carbons (Fsp3) is 0.812. The number of carbonyl (C=O) groups excluding carboxylic acids is 3. The molecule has 0 spiro atoms. The molecule has 0 fully saturated rings. The van der Waals surface area contributed by atoms with Crippen molar-refractivity contribution in [2.24, 2.45) is 5.92 Å². The van der Waals surface area contributed by atoms with E-state index in [2.05, 4.69) is 6.92 Å². The summed E-state index contributed by atoms with van der Waals surface area (Å²) in [6.45, 7) is 2.18. The molecule has 0 radical (unpaired) electrons. The van der Waals surface area contributed by atoms with Gasteiger partial charge in [0.25, 0.3) is 0 Å². The summed E-state index contributed by atoms with van der Waals surface area (Å²) in [5.74, 6) is -5.30. The zero-order valence-electron chi connectivity index (χ0n) is 14.9. The quantitative estimate of drug-likeness (QED) is 0.172. The van der Waals surface area contributed by atoms with Crippen molar-refractivity contribution in [2.45, 2.75) is 77.6 Å². The fourth-order valence-corrected chi connectivity index (χ4v) is 2.28. The average molecular weight is 377 g/mol. The second-order valence-corrected chi connectivity index (χ2v) is 5.49. The summed E-state index contributed by atoms with van der Waals surface area (Å²) in [5, 5.41) is 21.1. The average Bonchev–Trinajstić information content (AvgIpc) is 2.42. The summed E-state index contributed by atoms with van der Waals surface area (Å²) in [6.07, 6.45) is 9.13. The Morgan fingerprint density at radius 2 is 1.22 bits per heavy atom. The Bertz CT molecular complexity index is 334. The van der Waals surface area contributed by atoms with Crippen molar-refractivity contribution in [3.05, 3.63) is 0 Å². The molecule has 0 aromatic rings. The van der Waals surface area contributed by atoms with Crippen molar-refractivity contribution in [3.8, 4) is 0 Å². The van der Waals surface area contributed by atoms with E-state index in [1.165, 1.54) is 32.1 Å². The van der Waals surface area contributed by atoms with Gasteiger partial charge in [-0.15, -0.1) is 0 Å². The third-order valence-electron chi connectivity index (χ3n) is 3.57. The molecule has 1 unspecified atom stereocenters. The van der Waals surface area contributed by atoms with E-state index in [1.807, 2.05) is 0 Å². The van der Waals surface area contributed by atoms with Crippen molar-refractivity contribution < 1.29 is 127 Å². The zero-order chi connectivity index (χ0) is 16.1. The standard InChI is InChI=1S/C16H28O5.2K/c1-2-3-4-5-6-7-8-9-10-11-14(17)13(16(20)21)12-15(18)19;;/h13H,2-12H2,1H3,(H,18,19)(H,20,21);;/q;2*+1/p-2. The molecular weight excluding hydrogens is 350 g/mol. The maximum absolute atomic E-state index is 11.6. The van der Waals surface area contributed by atoms with E-state index < -0.39 is 30.1 Å². The molecule has 0 N–H and O–H groups in total. The van der Waals surface area contributed by atoms with Crippen LogP contribution in [0.15, 0.2) is 0 Å². The topological polar surface area (TPSA) is 97.3 Å². The first-order chi connectivity index (χ1) is 9.99. The van der Waals surface area contributed by atoms with Gasteiger partial charge in [0.15, 0.2) is 0 Å². The Kier molecular flexibility index (Phi) is 26.0. The molecule has 23 heavy (non-hydrogen) atoms. The maximum atomic E-state index is 11.6. The summed E-state index contributed by atoms with van der Waals surface area (Å²) >= 11 is 0. The van der Waals surface area contributed by atoms with Gasteiger partial charge in [-0.2, -0.15) is 0 Å². The zero-order valence-corrected chi connectivity index (χ0v) is 21.1. The van der Waals surface area contributed by atoms with Gasteiger partial charge in [-0.1, -0.05) is 58.3 Å². The smallest absolute Gasteiger partial charge is 0.550 e. The summed E-state index contributed by atoms with van der Waals surface area (Å²) < 4.78 is 0. The minimum absolute atomic E-state index is 0. The number of aliphatic carboxylic acids is 2. The Morgan fingerprint density at radius 1 is 0.783 bits per heavy atom. The first-order valence-corrected chi connectivity index (χ1v) is 7.92. The van der Waals surface area contributed by atoms with Crippen LogP contribution in [-0.4, -0.2) is 17.7 Å². The van der Waals surface area contributed by atoms with Crippen LogP contribution in [0.3, 0.4) is 0 Å². The van der Waals surface area contributed by atoms with Gasteiger partial charge in [-0.25, -0.2) is 0 Å². The monoisotopic (exact) mass is 376 g/mol. The van der Waals surface area contributed by atoms with Crippen LogP contribution < -0.4 is 113 Å². The van der Waals surface area contributed by atoms with E-state index in [9.17, 15) is 24.6 Å². The van der Waals surface area contributed by atoms with Crippen LogP contribution in [0.25, 0.3) is 0 Å². The molecule has 0 heterocycles. The summed E-state index contributed by atoms with van der Waals surface area (Å²) in [7, 11) is 0. The number of hydrogen-bond acceptors (Lipinski definition) is 5. The number of carboxylic acid groups (broad SMARTS) is 2. The number of unbranched alkanes of at least 4 members (excludes halogenated alkanes) is 8. The Balaban J connectivity index is -0.00000200. The van der Waals surface area contributed by atoms with Gasteiger partial charge < -0.3 is 19.8 Å². The summed E-state index contributed by atoms with van der Waals surface area (Å²) in [4.78, 5) is 32.7. The molecule has 0 rings (SSSR count). The first kappa shape index (κ1) is 29.6. The number of Topliss-reactive ketones (excluding diaryl/α,β-unsaturated/α-hetero) is 1. The third-order valence-corrected chi connectivity index (χ3v) is 3.57. The van der Waals surface area contributed by atoms with Crippen LogP contribution in [0, 0.1) is 5.92 Å². The van der Waals surface area contributed by atoms with Crippen LogP contribution in [0.5, 0.6) is 0 Å². The second-order valence-electron chi connectivity index (χ2n) is 5.49. The predicted molar refractivity (Wildman–Crippen MR) is 75.0 cm³/mol. The molecule has 0 bridgehead atoms. The van der Waals surface area contributed by atoms with E-state index in [0.29, 0.717) is 6.42 Å². The number of hydrogen-bond donors (Lipinski definition) is 0. The normalized spacial score (nSPS) is 11.0. The van der Waals surface area contributed by atoms with E-state index in [0.717, 1.165) is 19.3 Å². The fourth-order valence-electron chi connectivity index (χ4n) is 2.28. The molecule has 0 saturated carbocycles. The molecule has 0 aliphatic carbocycles. The van der Waals surface area contributed by atoms with Crippen LogP contribution in [0.4, 0.5) is 0 Å². The van der Waals surface area contributed by atoms with Crippen molar-refractivity contribution in [3.63, 3.8) is 0 Å². The van der Waals surface area contributed by atoms with Gasteiger partial charge in [-0.05, 0) is 6.42 Å². The molecule has 0 aliphatic heterocycles. The van der Waals surface area contributed by atoms with E-state index >= 15 is 0 Å². The third kappa shape index (κ3) is 18.5. The molecule has 0 aromatic heterocycles. The van der Waals surface area contributed by atoms with E-state index in [-0.39, 0.29) is 109 Å². The molecule has 5 nitrogen and oxygen atoms in total. The molecule has 0 aliphatic rings. The first-order valence-electron chi connectivity index (χ1n) is 7.92. The Hall–Kier alpha value is 1.88. The van der Waals surface area contributed by atoms with Gasteiger partial charge in [0.1, 0.15) is 5.78 Å². The number of carboxylic acids is 2. The second kappa shape index (κ2) is 20.2. The Labute approximate surface area is 224 Å². The van der Waals surface area contributed by atoms with Crippen LogP contribution in [-0.2, 0) is 14.4 Å². The number of ketones is 1. The Morgan fingerprint density at radius 3 is 1.61 bits per heavy atom. The van der Waals surface area contributed by atoms with Crippen LogP contribution >= 0.6 is 0 Å². The molecule has 7 heteroatoms. The van der Waals surface area contributed by atoms with E-state index in [4.69, 9.17) is 0 Å². The largest absolute Gasteiger partial charge is 1.00 e. The number of carbonyl (C=O) groups is 3. The van der Waals surface area contributed by atoms with Crippen molar-refractivity contribution in [1.29, 1.82) is 0 Å². The molecule has 0 saturated heterocycles. The molecule has 0 amide bonds. The van der Waals surface area contributed by atoms with Crippen molar-refractivity contribution >= 4 is 17.7 Å². The van der Waals surface area contributed by atoms with Gasteiger partial charge in [0.05, 0.1) is 11.9 Å². The van der Waals surface area contributed by atoms with Gasteiger partial charge in [0, 0.05) is 18.8 Å². The van der Waals surface area contributed by atoms with Crippen LogP contribution in [0.2, 0.25) is 0 Å². The predicted octanol–water partition coefficient (Wildman–Crippen LogP) is -5.01. The minimum Gasteiger partial charge on any atom is -0.550 e. The maximum Gasteiger partial charge on any atom is 1.00 e. The minimum atomic E-state index is -1.62. The number of rotatable bonds is 14. The summed E-state index contributed by atoms with van der Waals surface area (Å²) in [6, 6.07) is 0. The van der Waals surface area contributed by atoms with Gasteiger partial charge in [0.2, 0.25) is 0 Å². The molecule has 122 valence electrons. The van der Waals surface area contributed by atoms with Crippen molar-refractivity contribution in [2.75, 3.05) is 0 Å².